The summed E-state index contributed by atoms with van der Waals surface area (Å²) in [5.74, 6) is -6.47. The summed E-state index contributed by atoms with van der Waals surface area (Å²) in [7, 11) is -3.88. The number of nitrogens with zero attached hydrogens (tertiary/aromatic N) is 1. The fourth-order valence-corrected chi connectivity index (χ4v) is 3.35. The highest BCUT2D eigenvalue weighted by Gasteiger charge is 2.83. The Labute approximate surface area is 96.6 Å². The van der Waals surface area contributed by atoms with E-state index in [9.17, 15) is 22.0 Å². The predicted octanol–water partition coefficient (Wildman–Crippen LogP) is -0.378. The standard InChI is InChI=1S/C8H12F2N2O4S/c9-8(10)5(6(13)14)7(8)1-3-12(4-2-7)17(11,15)16/h5H,1-4H2,(H,13,14)(H2,11,15,16)/t5-/m1/s1. The lowest BCUT2D eigenvalue weighted by molar-refractivity contribution is -0.141. The van der Waals surface area contributed by atoms with Gasteiger partial charge in [0.25, 0.3) is 16.1 Å². The Morgan fingerprint density at radius 2 is 1.82 bits per heavy atom. The summed E-state index contributed by atoms with van der Waals surface area (Å²) in [5.41, 5.74) is -1.58. The lowest BCUT2D eigenvalue weighted by atomic mass is 9.91. The fraction of sp³-hybridized carbons (Fsp3) is 0.875. The van der Waals surface area contributed by atoms with E-state index >= 15 is 0 Å². The van der Waals surface area contributed by atoms with Crippen LogP contribution in [0.3, 0.4) is 0 Å². The zero-order valence-electron chi connectivity index (χ0n) is 8.77. The first kappa shape index (κ1) is 12.7. The number of aliphatic carboxylic acids is 1. The number of hydrogen-bond donors (Lipinski definition) is 2. The Balaban J connectivity index is 2.13. The van der Waals surface area contributed by atoms with E-state index in [4.69, 9.17) is 10.2 Å². The van der Waals surface area contributed by atoms with Gasteiger partial charge in [-0.25, -0.2) is 13.9 Å². The minimum atomic E-state index is -3.88. The molecule has 17 heavy (non-hydrogen) atoms. The van der Waals surface area contributed by atoms with Crippen molar-refractivity contribution in [2.45, 2.75) is 18.8 Å². The van der Waals surface area contributed by atoms with Crippen LogP contribution in [0.4, 0.5) is 8.78 Å². The van der Waals surface area contributed by atoms with Crippen LogP contribution in [0.2, 0.25) is 0 Å². The van der Waals surface area contributed by atoms with Crippen molar-refractivity contribution in [3.63, 3.8) is 0 Å². The summed E-state index contributed by atoms with van der Waals surface area (Å²) in [6, 6.07) is 0. The number of carboxylic acid groups (broad SMARTS) is 1. The first-order chi connectivity index (χ1) is 7.63. The van der Waals surface area contributed by atoms with E-state index in [2.05, 4.69) is 0 Å². The Kier molecular flexibility index (Phi) is 2.50. The number of nitrogens with two attached hydrogens (primary N) is 1. The molecular formula is C8H12F2N2O4S. The summed E-state index contributed by atoms with van der Waals surface area (Å²) in [4.78, 5) is 10.7. The van der Waals surface area contributed by atoms with Crippen LogP contribution < -0.4 is 5.14 Å². The highest BCUT2D eigenvalue weighted by molar-refractivity contribution is 7.86. The second kappa shape index (κ2) is 3.36. The van der Waals surface area contributed by atoms with Gasteiger partial charge >= 0.3 is 5.97 Å². The summed E-state index contributed by atoms with van der Waals surface area (Å²) < 4.78 is 49.7. The lowest BCUT2D eigenvalue weighted by Crippen LogP contribution is -2.44. The van der Waals surface area contributed by atoms with E-state index < -0.39 is 33.4 Å². The third-order valence-electron chi connectivity index (χ3n) is 3.72. The summed E-state index contributed by atoms with van der Waals surface area (Å²) in [5, 5.41) is 13.6. The van der Waals surface area contributed by atoms with Crippen LogP contribution in [0.5, 0.6) is 0 Å². The molecular weight excluding hydrogens is 258 g/mol. The summed E-state index contributed by atoms with van der Waals surface area (Å²) >= 11 is 0. The molecule has 0 aromatic carbocycles. The second-order valence-corrected chi connectivity index (χ2v) is 6.04. The van der Waals surface area contributed by atoms with Gasteiger partial charge in [0.2, 0.25) is 0 Å². The van der Waals surface area contributed by atoms with Gasteiger partial charge < -0.3 is 5.11 Å². The van der Waals surface area contributed by atoms with Crippen LogP contribution in [0.25, 0.3) is 0 Å². The molecule has 2 fully saturated rings. The SMILES string of the molecule is NS(=O)(=O)N1CCC2(CC1)[C@@H](C(=O)O)C2(F)F. The molecule has 0 amide bonds. The largest absolute Gasteiger partial charge is 0.481 e. The van der Waals surface area contributed by atoms with Crippen molar-refractivity contribution in [3.8, 4) is 0 Å². The van der Waals surface area contributed by atoms with Crippen LogP contribution in [-0.4, -0.2) is 42.8 Å². The Morgan fingerprint density at radius 3 is 2.12 bits per heavy atom. The molecule has 3 N–H and O–H groups in total. The first-order valence-corrected chi connectivity index (χ1v) is 6.52. The molecule has 1 heterocycles. The quantitative estimate of drug-likeness (QED) is 0.714. The molecule has 0 bridgehead atoms. The third-order valence-corrected chi connectivity index (χ3v) is 4.80. The van der Waals surface area contributed by atoms with E-state index in [1.54, 1.807) is 0 Å². The molecule has 1 aliphatic carbocycles. The average Bonchev–Trinajstić information content (AvgIpc) is 2.61. The molecule has 2 aliphatic rings. The van der Waals surface area contributed by atoms with Crippen molar-refractivity contribution in [1.82, 2.24) is 4.31 Å². The summed E-state index contributed by atoms with van der Waals surface area (Å²) in [6.07, 6.45) is -0.346. The Bertz CT molecular complexity index is 456. The average molecular weight is 270 g/mol. The molecule has 98 valence electrons. The zero-order valence-corrected chi connectivity index (χ0v) is 9.58. The number of carbonyl (C=O) groups is 1. The molecule has 1 atom stereocenters. The number of hydrogen-bond acceptors (Lipinski definition) is 3. The third kappa shape index (κ3) is 1.64. The highest BCUT2D eigenvalue weighted by atomic mass is 32.2. The van der Waals surface area contributed by atoms with Gasteiger partial charge in [-0.2, -0.15) is 12.7 Å². The van der Waals surface area contributed by atoms with Crippen molar-refractivity contribution in [1.29, 1.82) is 0 Å². The van der Waals surface area contributed by atoms with Crippen molar-refractivity contribution < 1.29 is 27.1 Å². The topological polar surface area (TPSA) is 101 Å². The van der Waals surface area contributed by atoms with E-state index in [0.29, 0.717) is 0 Å². The Hall–Kier alpha value is -0.800. The molecule has 0 aromatic rings. The second-order valence-electron chi connectivity index (χ2n) is 4.49. The normalized spacial score (nSPS) is 31.4. The molecule has 9 heteroatoms. The van der Waals surface area contributed by atoms with Crippen LogP contribution in [0.15, 0.2) is 0 Å². The Morgan fingerprint density at radius 1 is 1.35 bits per heavy atom. The van der Waals surface area contributed by atoms with Crippen molar-refractivity contribution >= 4 is 16.2 Å². The van der Waals surface area contributed by atoms with Crippen LogP contribution in [0, 0.1) is 11.3 Å². The van der Waals surface area contributed by atoms with Gasteiger partial charge in [0.05, 0.1) is 5.41 Å². The smallest absolute Gasteiger partial charge is 0.313 e. The number of alkyl halides is 2. The molecule has 0 unspecified atom stereocenters. The van der Waals surface area contributed by atoms with Crippen LogP contribution in [-0.2, 0) is 15.0 Å². The molecule has 6 nitrogen and oxygen atoms in total. The van der Waals surface area contributed by atoms with Crippen LogP contribution in [0.1, 0.15) is 12.8 Å². The summed E-state index contributed by atoms with van der Waals surface area (Å²) in [6.45, 7) is -0.309. The van der Waals surface area contributed by atoms with Crippen molar-refractivity contribution in [3.05, 3.63) is 0 Å². The molecule has 1 aliphatic heterocycles. The molecule has 0 aromatic heterocycles. The van der Waals surface area contributed by atoms with E-state index in [0.717, 1.165) is 4.31 Å². The van der Waals surface area contributed by atoms with E-state index in [-0.39, 0.29) is 25.9 Å². The highest BCUT2D eigenvalue weighted by Crippen LogP contribution is 2.70. The molecule has 1 spiro atoms. The maximum absolute atomic E-state index is 13.4. The maximum Gasteiger partial charge on any atom is 0.313 e. The zero-order chi connectivity index (χ0) is 13.1. The number of piperidine rings is 1. The van der Waals surface area contributed by atoms with E-state index in [1.165, 1.54) is 0 Å². The molecule has 1 saturated carbocycles. The maximum atomic E-state index is 13.4. The number of rotatable bonds is 2. The minimum absolute atomic E-state index is 0.155. The van der Waals surface area contributed by atoms with Crippen molar-refractivity contribution in [2.75, 3.05) is 13.1 Å². The molecule has 1 saturated heterocycles. The van der Waals surface area contributed by atoms with Gasteiger partial charge in [0.1, 0.15) is 5.92 Å². The monoisotopic (exact) mass is 270 g/mol. The van der Waals surface area contributed by atoms with Gasteiger partial charge in [0, 0.05) is 13.1 Å². The van der Waals surface area contributed by atoms with E-state index in [1.807, 2.05) is 0 Å². The lowest BCUT2D eigenvalue weighted by Gasteiger charge is -2.29. The van der Waals surface area contributed by atoms with Gasteiger partial charge in [0.15, 0.2) is 0 Å². The van der Waals surface area contributed by atoms with Gasteiger partial charge in [-0.3, -0.25) is 4.79 Å². The number of halogens is 2. The number of carboxylic acids is 1. The predicted molar refractivity (Wildman–Crippen MR) is 52.4 cm³/mol. The molecule has 0 radical (unpaired) electrons. The van der Waals surface area contributed by atoms with Gasteiger partial charge in [-0.1, -0.05) is 0 Å². The fourth-order valence-electron chi connectivity index (χ4n) is 2.66. The van der Waals surface area contributed by atoms with Gasteiger partial charge in [-0.15, -0.1) is 0 Å². The van der Waals surface area contributed by atoms with Crippen molar-refractivity contribution in [2.24, 2.45) is 16.5 Å². The van der Waals surface area contributed by atoms with Gasteiger partial charge in [-0.05, 0) is 12.8 Å². The minimum Gasteiger partial charge on any atom is -0.481 e. The van der Waals surface area contributed by atoms with Crippen LogP contribution >= 0.6 is 0 Å². The molecule has 2 rings (SSSR count). The first-order valence-electron chi connectivity index (χ1n) is 5.01.